The maximum atomic E-state index is 12.6. The number of nitrogens with zero attached hydrogens (tertiary/aromatic N) is 2. The molecule has 0 spiro atoms. The summed E-state index contributed by atoms with van der Waals surface area (Å²) in [5.41, 5.74) is 6.62. The lowest BCUT2D eigenvalue weighted by molar-refractivity contribution is 0.0141. The highest BCUT2D eigenvalue weighted by Crippen LogP contribution is 2.25. The number of likely N-dealkylation sites (tertiary alicyclic amines) is 1. The average Bonchev–Trinajstić information content (AvgIpc) is 2.76. The van der Waals surface area contributed by atoms with E-state index < -0.39 is 0 Å². The zero-order valence-corrected chi connectivity index (χ0v) is 12.5. The molecule has 1 aliphatic rings. The van der Waals surface area contributed by atoms with Crippen LogP contribution in [0.2, 0.25) is 0 Å². The quantitative estimate of drug-likeness (QED) is 0.909. The second-order valence-electron chi connectivity index (χ2n) is 4.92. The molecule has 0 aliphatic carbocycles. The number of hydrogen-bond donors (Lipinski definition) is 1. The third-order valence-corrected chi connectivity index (χ3v) is 4.69. The molecule has 1 amide bonds. The molecule has 1 aromatic heterocycles. The highest BCUT2D eigenvalue weighted by molar-refractivity contribution is 7.13. The van der Waals surface area contributed by atoms with Gasteiger partial charge in [0.15, 0.2) is 0 Å². The van der Waals surface area contributed by atoms with Gasteiger partial charge < -0.3 is 15.4 Å². The van der Waals surface area contributed by atoms with Crippen LogP contribution >= 0.6 is 11.3 Å². The highest BCUT2D eigenvalue weighted by Gasteiger charge is 2.32. The molecule has 2 unspecified atom stereocenters. The molecule has 6 heteroatoms. The topological polar surface area (TPSA) is 68.5 Å². The maximum absolute atomic E-state index is 12.6. The summed E-state index contributed by atoms with van der Waals surface area (Å²) in [7, 11) is 1.71. The van der Waals surface area contributed by atoms with Gasteiger partial charge in [0.05, 0.1) is 16.8 Å². The molecule has 1 aromatic rings. The van der Waals surface area contributed by atoms with E-state index in [4.69, 9.17) is 10.5 Å². The number of nitrogens with two attached hydrogens (primary N) is 1. The molecule has 1 saturated heterocycles. The summed E-state index contributed by atoms with van der Waals surface area (Å²) in [5.74, 6) is 0.0631. The summed E-state index contributed by atoms with van der Waals surface area (Å²) in [5, 5.41) is 0.928. The largest absolute Gasteiger partial charge is 0.381 e. The van der Waals surface area contributed by atoms with Gasteiger partial charge in [-0.3, -0.25) is 4.79 Å². The van der Waals surface area contributed by atoms with Crippen LogP contribution in [0, 0.1) is 13.8 Å². The van der Waals surface area contributed by atoms with Crippen molar-refractivity contribution >= 4 is 17.2 Å². The van der Waals surface area contributed by atoms with Crippen molar-refractivity contribution < 1.29 is 9.53 Å². The van der Waals surface area contributed by atoms with Gasteiger partial charge in [-0.2, -0.15) is 0 Å². The smallest absolute Gasteiger partial charge is 0.266 e. The summed E-state index contributed by atoms with van der Waals surface area (Å²) in [4.78, 5) is 19.5. The van der Waals surface area contributed by atoms with Crippen molar-refractivity contribution in [2.45, 2.75) is 38.8 Å². The van der Waals surface area contributed by atoms with Crippen LogP contribution in [0.3, 0.4) is 0 Å². The summed E-state index contributed by atoms with van der Waals surface area (Å²) >= 11 is 1.46. The molecule has 2 atom stereocenters. The fourth-order valence-electron chi connectivity index (χ4n) is 2.58. The third kappa shape index (κ3) is 2.96. The lowest BCUT2D eigenvalue weighted by Gasteiger charge is -2.38. The molecule has 2 rings (SSSR count). The molecule has 0 radical (unpaired) electrons. The second-order valence-corrected chi connectivity index (χ2v) is 6.12. The van der Waals surface area contributed by atoms with Gasteiger partial charge in [0.25, 0.3) is 5.91 Å². The van der Waals surface area contributed by atoms with Crippen LogP contribution in [-0.2, 0) is 4.74 Å². The predicted octanol–water partition coefficient (Wildman–Crippen LogP) is 1.34. The molecule has 19 heavy (non-hydrogen) atoms. The first-order valence-corrected chi connectivity index (χ1v) is 7.36. The Morgan fingerprint density at radius 3 is 2.84 bits per heavy atom. The molecule has 5 nitrogen and oxygen atoms in total. The number of amides is 1. The van der Waals surface area contributed by atoms with Gasteiger partial charge in [-0.15, -0.1) is 11.3 Å². The molecule has 106 valence electrons. The van der Waals surface area contributed by atoms with Crippen LogP contribution < -0.4 is 5.73 Å². The molecule has 0 aromatic carbocycles. The van der Waals surface area contributed by atoms with E-state index in [9.17, 15) is 4.79 Å². The van der Waals surface area contributed by atoms with Crippen molar-refractivity contribution in [3.05, 3.63) is 15.6 Å². The number of hydrogen-bond acceptors (Lipinski definition) is 5. The number of aromatic nitrogens is 1. The molecule has 0 bridgehead atoms. The van der Waals surface area contributed by atoms with Gasteiger partial charge >= 0.3 is 0 Å². The van der Waals surface area contributed by atoms with Crippen LogP contribution in [0.15, 0.2) is 0 Å². The number of ether oxygens (including phenoxy) is 1. The summed E-state index contributed by atoms with van der Waals surface area (Å²) < 4.78 is 5.38. The van der Waals surface area contributed by atoms with Crippen LogP contribution in [0.4, 0.5) is 0 Å². The lowest BCUT2D eigenvalue weighted by Crippen LogP contribution is -2.51. The molecule has 1 fully saturated rings. The van der Waals surface area contributed by atoms with E-state index in [1.165, 1.54) is 11.3 Å². The van der Waals surface area contributed by atoms with Crippen molar-refractivity contribution in [1.82, 2.24) is 9.88 Å². The average molecular weight is 283 g/mol. The first-order valence-electron chi connectivity index (χ1n) is 6.54. The Balaban J connectivity index is 2.16. The molecular weight excluding hydrogens is 262 g/mol. The normalized spacial score (nSPS) is 23.7. The lowest BCUT2D eigenvalue weighted by atomic mass is 9.99. The highest BCUT2D eigenvalue weighted by atomic mass is 32.1. The predicted molar refractivity (Wildman–Crippen MR) is 75.5 cm³/mol. The number of piperidine rings is 1. The van der Waals surface area contributed by atoms with Gasteiger partial charge in [-0.25, -0.2) is 4.98 Å². The number of carbonyl (C=O) groups is 1. The van der Waals surface area contributed by atoms with Gasteiger partial charge in [0.1, 0.15) is 4.88 Å². The Kier molecular flexibility index (Phi) is 4.54. The van der Waals surface area contributed by atoms with E-state index in [1.807, 2.05) is 18.7 Å². The van der Waals surface area contributed by atoms with E-state index in [0.717, 1.165) is 28.4 Å². The van der Waals surface area contributed by atoms with Crippen LogP contribution in [0.5, 0.6) is 0 Å². The summed E-state index contributed by atoms with van der Waals surface area (Å²) in [6, 6.07) is 0.0630. The van der Waals surface area contributed by atoms with Crippen LogP contribution in [0.1, 0.15) is 33.2 Å². The number of carbonyl (C=O) groups excluding carboxylic acids is 1. The second kappa shape index (κ2) is 5.98. The number of methoxy groups -OCH3 is 1. The molecule has 1 aliphatic heterocycles. The molecule has 0 saturated carbocycles. The Morgan fingerprint density at radius 2 is 2.32 bits per heavy atom. The molecular formula is C13H21N3O2S. The van der Waals surface area contributed by atoms with Crippen LogP contribution in [0.25, 0.3) is 0 Å². The monoisotopic (exact) mass is 283 g/mol. The SMILES string of the molecule is COC1CCN(C(=O)c2sc(C)nc2C)C(CN)C1. The Labute approximate surface area is 117 Å². The Bertz CT molecular complexity index is 461. The minimum absolute atomic E-state index is 0.0630. The number of thiazole rings is 1. The number of aryl methyl sites for hydroxylation is 2. The zero-order valence-electron chi connectivity index (χ0n) is 11.7. The van der Waals surface area contributed by atoms with Gasteiger partial charge in [-0.05, 0) is 26.7 Å². The first kappa shape index (κ1) is 14.4. The van der Waals surface area contributed by atoms with Gasteiger partial charge in [0.2, 0.25) is 0 Å². The zero-order chi connectivity index (χ0) is 14.0. The van der Waals surface area contributed by atoms with E-state index in [2.05, 4.69) is 4.98 Å². The fourth-order valence-corrected chi connectivity index (χ4v) is 3.46. The van der Waals surface area contributed by atoms with Crippen molar-refractivity contribution in [3.63, 3.8) is 0 Å². The third-order valence-electron chi connectivity index (χ3n) is 3.63. The van der Waals surface area contributed by atoms with E-state index in [-0.39, 0.29) is 18.1 Å². The van der Waals surface area contributed by atoms with Crippen molar-refractivity contribution in [2.75, 3.05) is 20.2 Å². The molecule has 2 N–H and O–H groups in total. The first-order chi connectivity index (χ1) is 9.06. The van der Waals surface area contributed by atoms with Gasteiger partial charge in [0, 0.05) is 26.2 Å². The van der Waals surface area contributed by atoms with Crippen molar-refractivity contribution in [3.8, 4) is 0 Å². The van der Waals surface area contributed by atoms with Crippen molar-refractivity contribution in [2.24, 2.45) is 5.73 Å². The van der Waals surface area contributed by atoms with E-state index in [0.29, 0.717) is 13.1 Å². The minimum atomic E-state index is 0.0630. The Hall–Kier alpha value is -0.980. The summed E-state index contributed by atoms with van der Waals surface area (Å²) in [6.45, 7) is 4.99. The summed E-state index contributed by atoms with van der Waals surface area (Å²) in [6.07, 6.45) is 1.90. The fraction of sp³-hybridized carbons (Fsp3) is 0.692. The van der Waals surface area contributed by atoms with Crippen molar-refractivity contribution in [1.29, 1.82) is 0 Å². The molecule has 2 heterocycles. The van der Waals surface area contributed by atoms with Crippen LogP contribution in [-0.4, -0.2) is 48.1 Å². The van der Waals surface area contributed by atoms with Gasteiger partial charge in [-0.1, -0.05) is 0 Å². The minimum Gasteiger partial charge on any atom is -0.381 e. The standard InChI is InChI=1S/C13H21N3O2S/c1-8-12(19-9(2)15-8)13(17)16-5-4-11(18-3)6-10(16)7-14/h10-11H,4-7,14H2,1-3H3. The Morgan fingerprint density at radius 1 is 1.58 bits per heavy atom. The van der Waals surface area contributed by atoms with E-state index in [1.54, 1.807) is 7.11 Å². The maximum Gasteiger partial charge on any atom is 0.266 e. The van der Waals surface area contributed by atoms with E-state index >= 15 is 0 Å². The number of rotatable bonds is 3.